The maximum absolute atomic E-state index is 5.79. The summed E-state index contributed by atoms with van der Waals surface area (Å²) in [5.74, 6) is 2.16. The van der Waals surface area contributed by atoms with Crippen molar-refractivity contribution in [2.75, 3.05) is 11.5 Å². The monoisotopic (exact) mass is 471 g/mol. The molecular formula is C26H25N5O2S. The van der Waals surface area contributed by atoms with Gasteiger partial charge >= 0.3 is 0 Å². The molecule has 0 fully saturated rings. The predicted molar refractivity (Wildman–Crippen MR) is 135 cm³/mol. The lowest BCUT2D eigenvalue weighted by atomic mass is 10.1. The van der Waals surface area contributed by atoms with Crippen molar-refractivity contribution < 1.29 is 9.15 Å². The normalized spacial score (nSPS) is 10.4. The van der Waals surface area contributed by atoms with E-state index in [4.69, 9.17) is 20.6 Å². The van der Waals surface area contributed by atoms with Crippen LogP contribution in [-0.2, 0) is 13.0 Å². The Hall–Kier alpha value is -4.17. The van der Waals surface area contributed by atoms with Crippen molar-refractivity contribution in [1.29, 1.82) is 0 Å². The van der Waals surface area contributed by atoms with Crippen LogP contribution in [0.4, 0.5) is 11.8 Å². The molecule has 0 saturated heterocycles. The smallest absolute Gasteiger partial charge is 0.221 e. The molecule has 4 N–H and O–H groups in total. The first-order chi connectivity index (χ1) is 16.6. The molecule has 5 rings (SSSR count). The van der Waals surface area contributed by atoms with Crippen LogP contribution < -0.4 is 16.2 Å². The average molecular weight is 472 g/mol. The van der Waals surface area contributed by atoms with E-state index < -0.39 is 0 Å². The Balaban J connectivity index is 0.000000172. The molecule has 3 heterocycles. The first-order valence-electron chi connectivity index (χ1n) is 10.6. The number of oxazole rings is 1. The Labute approximate surface area is 202 Å². The fraction of sp³-hybridized carbons (Fsp3) is 0.115. The van der Waals surface area contributed by atoms with Crippen LogP contribution in [0.5, 0.6) is 5.75 Å². The largest absolute Gasteiger partial charge is 0.489 e. The third kappa shape index (κ3) is 6.43. The van der Waals surface area contributed by atoms with Gasteiger partial charge < -0.3 is 20.6 Å². The molecule has 0 radical (unpaired) electrons. The van der Waals surface area contributed by atoms with Gasteiger partial charge in [0, 0.05) is 23.1 Å². The molecule has 0 aliphatic carbocycles. The summed E-state index contributed by atoms with van der Waals surface area (Å²) in [4.78, 5) is 12.8. The molecule has 5 aromatic rings. The summed E-state index contributed by atoms with van der Waals surface area (Å²) in [6, 6.07) is 20.7. The van der Waals surface area contributed by atoms with Gasteiger partial charge in [-0.2, -0.15) is 4.98 Å². The molecule has 8 heteroatoms. The summed E-state index contributed by atoms with van der Waals surface area (Å²) < 4.78 is 10.9. The molecule has 0 aliphatic heterocycles. The van der Waals surface area contributed by atoms with Crippen LogP contribution in [0.2, 0.25) is 0 Å². The number of nitrogens with zero attached hydrogens (tertiary/aromatic N) is 3. The van der Waals surface area contributed by atoms with Crippen LogP contribution in [0.15, 0.2) is 89.2 Å². The standard InChI is InChI=1S/C18H16OS.C8H9N5O/c1-14-11-18(20-13-14)16-7-9-17(10-8-16)19-12-15-5-3-2-4-6-15;9-7-5(2-12-8(10)13-7)1-6-3-11-4-14-6/h2-11,13H,12H2,1H3;2-4H,1H2,(H4,9,10,12,13). The van der Waals surface area contributed by atoms with Crippen molar-refractivity contribution in [2.45, 2.75) is 20.0 Å². The van der Waals surface area contributed by atoms with Gasteiger partial charge in [0.2, 0.25) is 5.95 Å². The number of anilines is 2. The number of nitrogens with two attached hydrogens (primary N) is 2. The maximum atomic E-state index is 5.79. The number of hydrogen-bond acceptors (Lipinski definition) is 8. The summed E-state index contributed by atoms with van der Waals surface area (Å²) >= 11 is 1.78. The number of aromatic nitrogens is 3. The minimum atomic E-state index is 0.170. The second kappa shape index (κ2) is 11.1. The minimum absolute atomic E-state index is 0.170. The van der Waals surface area contributed by atoms with Gasteiger partial charge in [-0.1, -0.05) is 30.3 Å². The van der Waals surface area contributed by atoms with Gasteiger partial charge in [0.25, 0.3) is 0 Å². The molecule has 0 unspecified atom stereocenters. The number of hydrogen-bond donors (Lipinski definition) is 2. The molecule has 0 amide bonds. The Morgan fingerprint density at radius 2 is 1.79 bits per heavy atom. The Kier molecular flexibility index (Phi) is 7.52. The number of nitrogen functional groups attached to an aromatic ring is 2. The highest BCUT2D eigenvalue weighted by Crippen LogP contribution is 2.28. The van der Waals surface area contributed by atoms with Crippen molar-refractivity contribution >= 4 is 23.1 Å². The number of rotatable bonds is 6. The second-order valence-corrected chi connectivity index (χ2v) is 8.48. The third-order valence-corrected chi connectivity index (χ3v) is 5.98. The van der Waals surface area contributed by atoms with Crippen molar-refractivity contribution in [1.82, 2.24) is 15.0 Å². The van der Waals surface area contributed by atoms with E-state index in [0.717, 1.165) is 11.3 Å². The van der Waals surface area contributed by atoms with E-state index in [2.05, 4.69) is 57.6 Å². The van der Waals surface area contributed by atoms with Crippen molar-refractivity contribution in [2.24, 2.45) is 0 Å². The van der Waals surface area contributed by atoms with Gasteiger partial charge in [0.05, 0.1) is 6.20 Å². The molecule has 2 aromatic carbocycles. The number of aryl methyl sites for hydroxylation is 1. The van der Waals surface area contributed by atoms with Crippen molar-refractivity contribution in [3.8, 4) is 16.2 Å². The van der Waals surface area contributed by atoms with E-state index >= 15 is 0 Å². The molecular weight excluding hydrogens is 446 g/mol. The Morgan fingerprint density at radius 1 is 1.00 bits per heavy atom. The highest BCUT2D eigenvalue weighted by atomic mass is 32.1. The van der Waals surface area contributed by atoms with Gasteiger partial charge in [-0.25, -0.2) is 9.97 Å². The lowest BCUT2D eigenvalue weighted by Crippen LogP contribution is -2.03. The fourth-order valence-corrected chi connectivity index (χ4v) is 4.03. The van der Waals surface area contributed by atoms with Gasteiger partial charge in [-0.15, -0.1) is 11.3 Å². The Bertz CT molecular complexity index is 1300. The first-order valence-corrected chi connectivity index (χ1v) is 11.5. The topological polar surface area (TPSA) is 113 Å². The highest BCUT2D eigenvalue weighted by molar-refractivity contribution is 7.13. The van der Waals surface area contributed by atoms with Gasteiger partial charge in [-0.3, -0.25) is 0 Å². The predicted octanol–water partition coefficient (Wildman–Crippen LogP) is 5.52. The zero-order valence-corrected chi connectivity index (χ0v) is 19.5. The zero-order valence-electron chi connectivity index (χ0n) is 18.7. The first kappa shape index (κ1) is 23.0. The van der Waals surface area contributed by atoms with E-state index in [-0.39, 0.29) is 5.95 Å². The molecule has 0 bridgehead atoms. The van der Waals surface area contributed by atoms with Gasteiger partial charge in [0.15, 0.2) is 6.39 Å². The van der Waals surface area contributed by atoms with Crippen molar-refractivity contribution in [3.05, 3.63) is 107 Å². The van der Waals surface area contributed by atoms with E-state index in [0.29, 0.717) is 24.6 Å². The summed E-state index contributed by atoms with van der Waals surface area (Å²) in [6.45, 7) is 2.73. The highest BCUT2D eigenvalue weighted by Gasteiger charge is 2.05. The second-order valence-electron chi connectivity index (χ2n) is 7.57. The van der Waals surface area contributed by atoms with Crippen molar-refractivity contribution in [3.63, 3.8) is 0 Å². The average Bonchev–Trinajstić information content (AvgIpc) is 3.53. The molecule has 0 atom stereocenters. The molecule has 0 spiro atoms. The molecule has 172 valence electrons. The fourth-order valence-electron chi connectivity index (χ4n) is 3.13. The van der Waals surface area contributed by atoms with Crippen LogP contribution in [0.25, 0.3) is 10.4 Å². The zero-order chi connectivity index (χ0) is 23.8. The summed E-state index contributed by atoms with van der Waals surface area (Å²) in [5.41, 5.74) is 15.5. The number of ether oxygens (including phenoxy) is 1. The van der Waals surface area contributed by atoms with E-state index in [1.54, 1.807) is 23.7 Å². The van der Waals surface area contributed by atoms with E-state index in [1.165, 1.54) is 28.0 Å². The van der Waals surface area contributed by atoms with Crippen LogP contribution in [0.3, 0.4) is 0 Å². The van der Waals surface area contributed by atoms with Gasteiger partial charge in [-0.05, 0) is 59.3 Å². The summed E-state index contributed by atoms with van der Waals surface area (Å²) in [7, 11) is 0. The van der Waals surface area contributed by atoms with Crippen LogP contribution >= 0.6 is 11.3 Å². The number of thiophene rings is 1. The maximum Gasteiger partial charge on any atom is 0.221 e. The van der Waals surface area contributed by atoms with Crippen LogP contribution in [0, 0.1) is 6.92 Å². The molecule has 0 aliphatic rings. The van der Waals surface area contributed by atoms with Gasteiger partial charge in [0.1, 0.15) is 23.9 Å². The summed E-state index contributed by atoms with van der Waals surface area (Å²) in [5, 5.41) is 2.18. The quantitative estimate of drug-likeness (QED) is 0.335. The minimum Gasteiger partial charge on any atom is -0.489 e. The van der Waals surface area contributed by atoms with Crippen LogP contribution in [0.1, 0.15) is 22.5 Å². The third-order valence-electron chi connectivity index (χ3n) is 4.88. The van der Waals surface area contributed by atoms with E-state index in [9.17, 15) is 0 Å². The SMILES string of the molecule is Cc1csc(-c2ccc(OCc3ccccc3)cc2)c1.Nc1ncc(Cc2cnco2)c(N)n1. The molecule has 0 saturated carbocycles. The van der Waals surface area contributed by atoms with E-state index in [1.807, 2.05) is 30.3 Å². The molecule has 34 heavy (non-hydrogen) atoms. The lowest BCUT2D eigenvalue weighted by Gasteiger charge is -2.06. The molecule has 3 aromatic heterocycles. The Morgan fingerprint density at radius 3 is 2.44 bits per heavy atom. The van der Waals surface area contributed by atoms with Crippen LogP contribution in [-0.4, -0.2) is 15.0 Å². The number of benzene rings is 2. The molecule has 7 nitrogen and oxygen atoms in total. The summed E-state index contributed by atoms with van der Waals surface area (Å²) in [6.07, 6.45) is 5.09. The lowest BCUT2D eigenvalue weighted by molar-refractivity contribution is 0.306.